The number of aromatic nitrogens is 2. The van der Waals surface area contributed by atoms with E-state index >= 15 is 0 Å². The average molecular weight is 498 g/mol. The van der Waals surface area contributed by atoms with E-state index in [-0.39, 0.29) is 12.5 Å². The number of amides is 1. The molecule has 0 saturated heterocycles. The summed E-state index contributed by atoms with van der Waals surface area (Å²) in [5.74, 6) is 1.99. The summed E-state index contributed by atoms with van der Waals surface area (Å²) < 4.78 is 13.5. The number of unbranched alkanes of at least 4 members (excludes halogenated alkanes) is 1. The van der Waals surface area contributed by atoms with Crippen LogP contribution in [0.5, 0.6) is 11.5 Å². The van der Waals surface area contributed by atoms with Crippen LogP contribution in [0.25, 0.3) is 11.0 Å². The van der Waals surface area contributed by atoms with Crippen molar-refractivity contribution in [3.8, 4) is 11.5 Å². The third-order valence-corrected chi connectivity index (χ3v) is 5.72. The fourth-order valence-electron chi connectivity index (χ4n) is 3.51. The van der Waals surface area contributed by atoms with Crippen LogP contribution in [0.4, 0.5) is 0 Å². The molecule has 0 atom stereocenters. The lowest BCUT2D eigenvalue weighted by Crippen LogP contribution is -2.29. The third-order valence-electron chi connectivity index (χ3n) is 5.22. The number of imidazole rings is 1. The Labute approximate surface area is 208 Å². The molecule has 8 heteroatoms. The van der Waals surface area contributed by atoms with Crippen molar-refractivity contribution < 1.29 is 14.3 Å². The molecule has 0 spiro atoms. The minimum Gasteiger partial charge on any atom is -0.494 e. The molecule has 176 valence electrons. The van der Waals surface area contributed by atoms with Gasteiger partial charge in [0.15, 0.2) is 6.61 Å². The van der Waals surface area contributed by atoms with Gasteiger partial charge in [0.05, 0.1) is 24.2 Å². The molecule has 0 aliphatic heterocycles. The Bertz CT molecular complexity index is 1220. The highest BCUT2D eigenvalue weighted by atomic mass is 35.5. The standard InChI is InChI=1S/C26H25Cl2N3O3/c27-19-7-11-21(12-8-19)33-16-4-3-15-31-24-6-2-1-5-23(24)30-25(31)17-29-26(32)18-34-22-13-9-20(28)10-14-22/h1-2,5-14H,3-4,15-18H2,(H,29,32). The zero-order valence-corrected chi connectivity index (χ0v) is 20.1. The number of nitrogens with one attached hydrogen (secondary N) is 1. The van der Waals surface area contributed by atoms with Crippen LogP contribution >= 0.6 is 23.2 Å². The quantitative estimate of drug-likeness (QED) is 0.262. The number of hydrogen-bond acceptors (Lipinski definition) is 4. The molecule has 4 aromatic rings. The van der Waals surface area contributed by atoms with E-state index in [0.717, 1.165) is 42.0 Å². The predicted octanol–water partition coefficient (Wildman–Crippen LogP) is 5.90. The van der Waals surface area contributed by atoms with Crippen LogP contribution in [-0.4, -0.2) is 28.7 Å². The molecule has 0 aliphatic carbocycles. The second kappa shape index (κ2) is 11.8. The number of rotatable bonds is 11. The van der Waals surface area contributed by atoms with E-state index in [1.165, 1.54) is 0 Å². The maximum Gasteiger partial charge on any atom is 0.258 e. The summed E-state index contributed by atoms with van der Waals surface area (Å²) in [5.41, 5.74) is 1.95. The number of aryl methyl sites for hydroxylation is 1. The maximum atomic E-state index is 12.3. The Morgan fingerprint density at radius 2 is 1.50 bits per heavy atom. The topological polar surface area (TPSA) is 65.4 Å². The van der Waals surface area contributed by atoms with Crippen LogP contribution in [0.3, 0.4) is 0 Å². The highest BCUT2D eigenvalue weighted by Crippen LogP contribution is 2.19. The summed E-state index contributed by atoms with van der Waals surface area (Å²) in [6.45, 7) is 1.63. The SMILES string of the molecule is O=C(COc1ccc(Cl)cc1)NCc1nc2ccccc2n1CCCCOc1ccc(Cl)cc1. The summed E-state index contributed by atoms with van der Waals surface area (Å²) in [5, 5.41) is 4.21. The van der Waals surface area contributed by atoms with E-state index in [0.29, 0.717) is 28.9 Å². The third kappa shape index (κ3) is 6.65. The molecular weight excluding hydrogens is 473 g/mol. The number of benzene rings is 3. The first kappa shape index (κ1) is 23.9. The summed E-state index contributed by atoms with van der Waals surface area (Å²) in [6.07, 6.45) is 1.80. The summed E-state index contributed by atoms with van der Waals surface area (Å²) in [4.78, 5) is 17.0. The lowest BCUT2D eigenvalue weighted by molar-refractivity contribution is -0.123. The predicted molar refractivity (Wildman–Crippen MR) is 135 cm³/mol. The highest BCUT2D eigenvalue weighted by molar-refractivity contribution is 6.30. The van der Waals surface area contributed by atoms with Crippen LogP contribution in [0.1, 0.15) is 18.7 Å². The summed E-state index contributed by atoms with van der Waals surface area (Å²) >= 11 is 11.8. The molecule has 1 aromatic heterocycles. The number of nitrogens with zero attached hydrogens (tertiary/aromatic N) is 2. The Hall–Kier alpha value is -3.22. The van der Waals surface area contributed by atoms with Crippen molar-refractivity contribution in [1.82, 2.24) is 14.9 Å². The van der Waals surface area contributed by atoms with Crippen molar-refractivity contribution >= 4 is 40.1 Å². The Balaban J connectivity index is 1.29. The smallest absolute Gasteiger partial charge is 0.258 e. The molecular formula is C26H25Cl2N3O3. The van der Waals surface area contributed by atoms with Gasteiger partial charge in [-0.3, -0.25) is 4.79 Å². The van der Waals surface area contributed by atoms with Crippen molar-refractivity contribution in [3.05, 3.63) is 88.7 Å². The molecule has 0 bridgehead atoms. The van der Waals surface area contributed by atoms with Gasteiger partial charge < -0.3 is 19.4 Å². The second-order valence-corrected chi connectivity index (χ2v) is 8.57. The minimum atomic E-state index is -0.218. The largest absolute Gasteiger partial charge is 0.494 e. The first-order valence-corrected chi connectivity index (χ1v) is 11.8. The zero-order valence-electron chi connectivity index (χ0n) is 18.5. The van der Waals surface area contributed by atoms with Crippen LogP contribution in [0.2, 0.25) is 10.0 Å². The lowest BCUT2D eigenvalue weighted by Gasteiger charge is -2.11. The highest BCUT2D eigenvalue weighted by Gasteiger charge is 2.12. The molecule has 0 radical (unpaired) electrons. The first-order valence-electron chi connectivity index (χ1n) is 11.1. The van der Waals surface area contributed by atoms with Crippen LogP contribution in [0, 0.1) is 0 Å². The normalized spacial score (nSPS) is 10.9. The lowest BCUT2D eigenvalue weighted by atomic mass is 10.3. The van der Waals surface area contributed by atoms with Gasteiger partial charge in [0, 0.05) is 16.6 Å². The van der Waals surface area contributed by atoms with Gasteiger partial charge >= 0.3 is 0 Å². The first-order chi connectivity index (χ1) is 16.6. The molecule has 1 heterocycles. The van der Waals surface area contributed by atoms with Crippen molar-refractivity contribution in [1.29, 1.82) is 0 Å². The van der Waals surface area contributed by atoms with Crippen LogP contribution in [-0.2, 0) is 17.9 Å². The molecule has 4 rings (SSSR count). The summed E-state index contributed by atoms with van der Waals surface area (Å²) in [7, 11) is 0. The fraction of sp³-hybridized carbons (Fsp3) is 0.231. The van der Waals surface area contributed by atoms with Crippen molar-refractivity contribution in [2.24, 2.45) is 0 Å². The summed E-state index contributed by atoms with van der Waals surface area (Å²) in [6, 6.07) is 22.2. The average Bonchev–Trinajstić information content (AvgIpc) is 3.21. The molecule has 34 heavy (non-hydrogen) atoms. The van der Waals surface area contributed by atoms with E-state index in [9.17, 15) is 4.79 Å². The van der Waals surface area contributed by atoms with Crippen LogP contribution in [0.15, 0.2) is 72.8 Å². The van der Waals surface area contributed by atoms with Crippen molar-refractivity contribution in [3.63, 3.8) is 0 Å². The van der Waals surface area contributed by atoms with Gasteiger partial charge in [-0.15, -0.1) is 0 Å². The van der Waals surface area contributed by atoms with E-state index in [1.54, 1.807) is 24.3 Å². The number of para-hydroxylation sites is 2. The van der Waals surface area contributed by atoms with E-state index < -0.39 is 0 Å². The molecule has 0 aliphatic rings. The Kier molecular flexibility index (Phi) is 8.28. The number of fused-ring (bicyclic) bond motifs is 1. The number of ether oxygens (including phenoxy) is 2. The van der Waals surface area contributed by atoms with Gasteiger partial charge in [-0.1, -0.05) is 35.3 Å². The second-order valence-electron chi connectivity index (χ2n) is 7.70. The zero-order chi connectivity index (χ0) is 23.8. The van der Waals surface area contributed by atoms with Gasteiger partial charge in [-0.05, 0) is 73.5 Å². The van der Waals surface area contributed by atoms with E-state index in [4.69, 9.17) is 37.7 Å². The van der Waals surface area contributed by atoms with E-state index in [1.807, 2.05) is 48.5 Å². The molecule has 1 N–H and O–H groups in total. The molecule has 3 aromatic carbocycles. The van der Waals surface area contributed by atoms with Crippen LogP contribution < -0.4 is 14.8 Å². The van der Waals surface area contributed by atoms with Gasteiger partial charge in [-0.25, -0.2) is 4.98 Å². The number of carbonyl (C=O) groups excluding carboxylic acids is 1. The molecule has 6 nitrogen and oxygen atoms in total. The minimum absolute atomic E-state index is 0.0795. The Morgan fingerprint density at radius 1 is 0.853 bits per heavy atom. The molecule has 0 fully saturated rings. The maximum absolute atomic E-state index is 12.3. The number of hydrogen-bond donors (Lipinski definition) is 1. The molecule has 0 unspecified atom stereocenters. The number of halogens is 2. The van der Waals surface area contributed by atoms with Crippen molar-refractivity contribution in [2.45, 2.75) is 25.9 Å². The van der Waals surface area contributed by atoms with Gasteiger partial charge in [0.25, 0.3) is 5.91 Å². The Morgan fingerprint density at radius 3 is 2.21 bits per heavy atom. The van der Waals surface area contributed by atoms with Gasteiger partial charge in [0.2, 0.25) is 0 Å². The van der Waals surface area contributed by atoms with Gasteiger partial charge in [0.1, 0.15) is 17.3 Å². The van der Waals surface area contributed by atoms with Crippen molar-refractivity contribution in [2.75, 3.05) is 13.2 Å². The molecule has 0 saturated carbocycles. The van der Waals surface area contributed by atoms with E-state index in [2.05, 4.69) is 9.88 Å². The fourth-order valence-corrected chi connectivity index (χ4v) is 3.76. The molecule has 1 amide bonds. The number of carbonyl (C=O) groups is 1. The monoisotopic (exact) mass is 497 g/mol. The van der Waals surface area contributed by atoms with Gasteiger partial charge in [-0.2, -0.15) is 0 Å².